The monoisotopic (exact) mass is 423 g/mol. The first-order chi connectivity index (χ1) is 13.9. The minimum absolute atomic E-state index is 0.549. The SMILES string of the molecule is COc1ccc2c(c1)SCc1ccccc1/C2=C\c1cccc(NS(C)(=O)=O)c1. The largest absolute Gasteiger partial charge is 0.497 e. The van der Waals surface area contributed by atoms with Crippen molar-refractivity contribution in [2.24, 2.45) is 0 Å². The Kier molecular flexibility index (Phi) is 5.39. The third-order valence-corrected chi connectivity index (χ3v) is 6.38. The van der Waals surface area contributed by atoms with Crippen LogP contribution < -0.4 is 9.46 Å². The molecule has 0 saturated heterocycles. The second-order valence-electron chi connectivity index (χ2n) is 6.87. The van der Waals surface area contributed by atoms with Crippen molar-refractivity contribution in [3.05, 3.63) is 89.0 Å². The number of anilines is 1. The summed E-state index contributed by atoms with van der Waals surface area (Å²) in [7, 11) is -1.65. The number of sulfonamides is 1. The third kappa shape index (κ3) is 4.49. The molecule has 0 unspecified atom stereocenters. The van der Waals surface area contributed by atoms with Crippen LogP contribution in [0.5, 0.6) is 5.75 Å². The maximum Gasteiger partial charge on any atom is 0.229 e. The highest BCUT2D eigenvalue weighted by atomic mass is 32.2. The molecular weight excluding hydrogens is 402 g/mol. The summed E-state index contributed by atoms with van der Waals surface area (Å²) in [5.74, 6) is 1.71. The molecule has 1 N–H and O–H groups in total. The molecule has 1 aliphatic heterocycles. The Morgan fingerprint density at radius 2 is 1.83 bits per heavy atom. The average Bonchev–Trinajstić information content (AvgIpc) is 2.84. The van der Waals surface area contributed by atoms with Crippen molar-refractivity contribution in [1.82, 2.24) is 0 Å². The molecule has 0 aliphatic carbocycles. The van der Waals surface area contributed by atoms with E-state index in [-0.39, 0.29) is 0 Å². The zero-order valence-corrected chi connectivity index (χ0v) is 17.8. The summed E-state index contributed by atoms with van der Waals surface area (Å²) in [6.07, 6.45) is 3.27. The fourth-order valence-corrected chi connectivity index (χ4v) is 5.06. The van der Waals surface area contributed by atoms with Gasteiger partial charge in [-0.2, -0.15) is 0 Å². The molecule has 1 aliphatic rings. The van der Waals surface area contributed by atoms with Crippen LogP contribution in [0.15, 0.2) is 71.6 Å². The Bertz CT molecular complexity index is 1200. The molecule has 0 atom stereocenters. The molecular formula is C23H21NO3S2. The summed E-state index contributed by atoms with van der Waals surface area (Å²) in [5, 5.41) is 0. The Morgan fingerprint density at radius 3 is 2.62 bits per heavy atom. The molecule has 0 radical (unpaired) electrons. The van der Waals surface area contributed by atoms with Gasteiger partial charge in [0.2, 0.25) is 10.0 Å². The number of hydrogen-bond donors (Lipinski definition) is 1. The second kappa shape index (κ2) is 7.97. The van der Waals surface area contributed by atoms with Crippen molar-refractivity contribution in [1.29, 1.82) is 0 Å². The van der Waals surface area contributed by atoms with Gasteiger partial charge in [0, 0.05) is 16.3 Å². The normalized spacial score (nSPS) is 14.6. The van der Waals surface area contributed by atoms with E-state index in [2.05, 4.69) is 41.1 Å². The molecule has 4 rings (SSSR count). The van der Waals surface area contributed by atoms with Gasteiger partial charge in [-0.15, -0.1) is 11.8 Å². The molecule has 0 amide bonds. The van der Waals surface area contributed by atoms with Crippen molar-refractivity contribution < 1.29 is 13.2 Å². The standard InChI is InChI=1S/C23H21NO3S2/c1-27-19-10-11-21-22(13-16-6-5-8-18(12-16)24-29(2,25)26)20-9-4-3-7-17(20)15-28-23(21)14-19/h3-14,24H,15H2,1-2H3/b22-13+. The van der Waals surface area contributed by atoms with Crippen LogP contribution in [0.2, 0.25) is 0 Å². The molecule has 29 heavy (non-hydrogen) atoms. The number of methoxy groups -OCH3 is 1. The molecule has 0 saturated carbocycles. The molecule has 1 heterocycles. The molecule has 0 fully saturated rings. The molecule has 0 aromatic heterocycles. The van der Waals surface area contributed by atoms with Gasteiger partial charge in [-0.25, -0.2) is 8.42 Å². The summed E-state index contributed by atoms with van der Waals surface area (Å²) in [6, 6.07) is 22.0. The predicted octanol–water partition coefficient (Wildman–Crippen LogP) is 5.26. The van der Waals surface area contributed by atoms with Gasteiger partial charge in [-0.05, 0) is 64.2 Å². The lowest BCUT2D eigenvalue weighted by molar-refractivity contribution is 0.413. The highest BCUT2D eigenvalue weighted by Crippen LogP contribution is 2.42. The quantitative estimate of drug-likeness (QED) is 0.622. The Balaban J connectivity index is 1.87. The third-order valence-electron chi connectivity index (χ3n) is 4.67. The van der Waals surface area contributed by atoms with Gasteiger partial charge in [0.25, 0.3) is 0 Å². The van der Waals surface area contributed by atoms with Crippen LogP contribution >= 0.6 is 11.8 Å². The lowest BCUT2D eigenvalue weighted by atomic mass is 9.92. The van der Waals surface area contributed by atoms with Crippen molar-refractivity contribution in [2.45, 2.75) is 10.6 Å². The first-order valence-corrected chi connectivity index (χ1v) is 12.0. The van der Waals surface area contributed by atoms with E-state index in [0.717, 1.165) is 39.4 Å². The van der Waals surface area contributed by atoms with Crippen LogP contribution in [0.4, 0.5) is 5.69 Å². The van der Waals surface area contributed by atoms with Crippen LogP contribution in [0.3, 0.4) is 0 Å². The number of benzene rings is 3. The van der Waals surface area contributed by atoms with E-state index in [1.54, 1.807) is 24.9 Å². The molecule has 0 bridgehead atoms. The Hall–Kier alpha value is -2.70. The first-order valence-electron chi connectivity index (χ1n) is 9.12. The maximum absolute atomic E-state index is 11.6. The first kappa shape index (κ1) is 19.6. The minimum Gasteiger partial charge on any atom is -0.497 e. The lowest BCUT2D eigenvalue weighted by Crippen LogP contribution is -2.09. The average molecular weight is 424 g/mol. The predicted molar refractivity (Wildman–Crippen MR) is 121 cm³/mol. The van der Waals surface area contributed by atoms with Crippen molar-refractivity contribution in [3.8, 4) is 5.75 Å². The van der Waals surface area contributed by atoms with E-state index in [1.165, 1.54) is 11.1 Å². The van der Waals surface area contributed by atoms with E-state index in [9.17, 15) is 8.42 Å². The van der Waals surface area contributed by atoms with E-state index in [1.807, 2.05) is 30.3 Å². The lowest BCUT2D eigenvalue weighted by Gasteiger charge is -2.13. The highest BCUT2D eigenvalue weighted by Gasteiger charge is 2.19. The number of fused-ring (bicyclic) bond motifs is 2. The number of thioether (sulfide) groups is 1. The molecule has 6 heteroatoms. The van der Waals surface area contributed by atoms with Gasteiger partial charge in [-0.3, -0.25) is 4.72 Å². The minimum atomic E-state index is -3.33. The fraction of sp³-hybridized carbons (Fsp3) is 0.130. The summed E-state index contributed by atoms with van der Waals surface area (Å²) < 4.78 is 31.2. The van der Waals surface area contributed by atoms with Crippen LogP contribution in [0.1, 0.15) is 22.3 Å². The van der Waals surface area contributed by atoms with Gasteiger partial charge in [0.15, 0.2) is 0 Å². The Morgan fingerprint density at radius 1 is 1.00 bits per heavy atom. The second-order valence-corrected chi connectivity index (χ2v) is 9.63. The van der Waals surface area contributed by atoms with Gasteiger partial charge in [0.1, 0.15) is 5.75 Å². The number of hydrogen-bond acceptors (Lipinski definition) is 4. The summed E-state index contributed by atoms with van der Waals surface area (Å²) in [6.45, 7) is 0. The molecule has 148 valence electrons. The topological polar surface area (TPSA) is 55.4 Å². The number of ether oxygens (including phenoxy) is 1. The van der Waals surface area contributed by atoms with E-state index in [4.69, 9.17) is 4.74 Å². The van der Waals surface area contributed by atoms with E-state index >= 15 is 0 Å². The van der Waals surface area contributed by atoms with Gasteiger partial charge >= 0.3 is 0 Å². The number of rotatable bonds is 4. The molecule has 4 nitrogen and oxygen atoms in total. The summed E-state index contributed by atoms with van der Waals surface area (Å²) in [4.78, 5) is 1.16. The highest BCUT2D eigenvalue weighted by molar-refractivity contribution is 7.98. The maximum atomic E-state index is 11.6. The van der Waals surface area contributed by atoms with Gasteiger partial charge in [0.05, 0.1) is 13.4 Å². The van der Waals surface area contributed by atoms with Gasteiger partial charge in [-0.1, -0.05) is 36.4 Å². The summed E-state index contributed by atoms with van der Waals surface area (Å²) in [5.41, 5.74) is 6.18. The Labute approximate surface area is 175 Å². The van der Waals surface area contributed by atoms with Crippen LogP contribution in [-0.2, 0) is 15.8 Å². The van der Waals surface area contributed by atoms with Crippen LogP contribution in [-0.4, -0.2) is 21.8 Å². The molecule has 0 spiro atoms. The van der Waals surface area contributed by atoms with E-state index in [0.29, 0.717) is 5.69 Å². The van der Waals surface area contributed by atoms with Gasteiger partial charge < -0.3 is 4.74 Å². The fourth-order valence-electron chi connectivity index (χ4n) is 3.41. The number of nitrogens with one attached hydrogen (secondary N) is 1. The summed E-state index contributed by atoms with van der Waals surface area (Å²) >= 11 is 1.79. The zero-order valence-electron chi connectivity index (χ0n) is 16.2. The van der Waals surface area contributed by atoms with Crippen LogP contribution in [0, 0.1) is 0 Å². The molecule has 3 aromatic rings. The smallest absolute Gasteiger partial charge is 0.229 e. The van der Waals surface area contributed by atoms with Crippen molar-refractivity contribution in [2.75, 3.05) is 18.1 Å². The van der Waals surface area contributed by atoms with Crippen molar-refractivity contribution in [3.63, 3.8) is 0 Å². The molecule has 3 aromatic carbocycles. The zero-order chi connectivity index (χ0) is 20.4. The van der Waals surface area contributed by atoms with E-state index < -0.39 is 10.0 Å². The van der Waals surface area contributed by atoms with Crippen molar-refractivity contribution >= 4 is 39.1 Å². The van der Waals surface area contributed by atoms with Crippen LogP contribution in [0.25, 0.3) is 11.6 Å².